The molecule has 0 bridgehead atoms. The van der Waals surface area contributed by atoms with Gasteiger partial charge in [-0.25, -0.2) is 0 Å². The molecular weight excluding hydrogens is 252 g/mol. The topological polar surface area (TPSA) is 17.1 Å². The Kier molecular flexibility index (Phi) is 5.62. The van der Waals surface area contributed by atoms with Crippen LogP contribution in [0.1, 0.15) is 48.5 Å². The number of halogens is 1. The summed E-state index contributed by atoms with van der Waals surface area (Å²) in [4.78, 5) is 11.1. The largest absolute Gasteiger partial charge is 0.281 e. The lowest BCUT2D eigenvalue weighted by molar-refractivity contribution is 0.109. The monoisotopic (exact) mass is 268 g/mol. The van der Waals surface area contributed by atoms with Crippen molar-refractivity contribution in [2.45, 2.75) is 39.0 Å². The third kappa shape index (κ3) is 4.61. The zero-order valence-corrected chi connectivity index (χ0v) is 10.7. The molecule has 0 N–H and O–H groups in total. The fourth-order valence-electron chi connectivity index (χ4n) is 1.60. The summed E-state index contributed by atoms with van der Waals surface area (Å²) in [7, 11) is 0. The lowest BCUT2D eigenvalue weighted by atomic mass is 10.0. The van der Waals surface area contributed by atoms with Crippen LogP contribution >= 0.6 is 15.9 Å². The average molecular weight is 269 g/mol. The van der Waals surface area contributed by atoms with Crippen LogP contribution in [0, 0.1) is 0 Å². The second-order valence-electron chi connectivity index (χ2n) is 3.78. The van der Waals surface area contributed by atoms with E-state index in [4.69, 9.17) is 0 Å². The lowest BCUT2D eigenvalue weighted by Gasteiger charge is -2.02. The predicted octanol–water partition coefficient (Wildman–Crippen LogP) is 4.34. The van der Waals surface area contributed by atoms with E-state index >= 15 is 0 Å². The van der Waals surface area contributed by atoms with Gasteiger partial charge in [0.15, 0.2) is 0 Å². The highest BCUT2D eigenvalue weighted by atomic mass is 79.9. The smallest absolute Gasteiger partial charge is 0.228 e. The highest BCUT2D eigenvalue weighted by Crippen LogP contribution is 2.12. The SMILES string of the molecule is CCCCCCc1cccc(C(=O)Br)c1. The van der Waals surface area contributed by atoms with Crippen LogP contribution in [0.4, 0.5) is 0 Å². The molecule has 15 heavy (non-hydrogen) atoms. The third-order valence-electron chi connectivity index (χ3n) is 2.47. The molecule has 0 spiro atoms. The molecule has 0 aliphatic heterocycles. The molecule has 82 valence electrons. The van der Waals surface area contributed by atoms with E-state index in [2.05, 4.69) is 28.9 Å². The lowest BCUT2D eigenvalue weighted by Crippen LogP contribution is -1.91. The van der Waals surface area contributed by atoms with Crippen molar-refractivity contribution in [2.75, 3.05) is 0 Å². The molecule has 1 aromatic rings. The van der Waals surface area contributed by atoms with Crippen molar-refractivity contribution in [1.82, 2.24) is 0 Å². The second kappa shape index (κ2) is 6.78. The Morgan fingerprint density at radius 3 is 2.73 bits per heavy atom. The van der Waals surface area contributed by atoms with E-state index in [1.807, 2.05) is 18.2 Å². The second-order valence-corrected chi connectivity index (χ2v) is 4.50. The molecular formula is C13H17BrO. The van der Waals surface area contributed by atoms with Crippen molar-refractivity contribution in [2.24, 2.45) is 0 Å². The number of benzene rings is 1. The van der Waals surface area contributed by atoms with Gasteiger partial charge in [-0.15, -0.1) is 0 Å². The molecule has 0 aromatic heterocycles. The van der Waals surface area contributed by atoms with Crippen molar-refractivity contribution in [3.63, 3.8) is 0 Å². The molecule has 0 atom stereocenters. The van der Waals surface area contributed by atoms with Crippen molar-refractivity contribution < 1.29 is 4.79 Å². The van der Waals surface area contributed by atoms with E-state index in [9.17, 15) is 4.79 Å². The van der Waals surface area contributed by atoms with Gasteiger partial charge in [0, 0.05) is 5.56 Å². The molecule has 0 amide bonds. The van der Waals surface area contributed by atoms with E-state index in [0.717, 1.165) is 12.0 Å². The third-order valence-corrected chi connectivity index (χ3v) is 2.93. The minimum atomic E-state index is -0.0297. The first-order valence-electron chi connectivity index (χ1n) is 5.53. The van der Waals surface area contributed by atoms with E-state index in [-0.39, 0.29) is 4.69 Å². The molecule has 0 saturated carbocycles. The fraction of sp³-hybridized carbons (Fsp3) is 0.462. The normalized spacial score (nSPS) is 10.3. The van der Waals surface area contributed by atoms with Gasteiger partial charge in [0.2, 0.25) is 4.69 Å². The van der Waals surface area contributed by atoms with E-state index in [1.54, 1.807) is 0 Å². The summed E-state index contributed by atoms with van der Waals surface area (Å²) in [5.41, 5.74) is 2.01. The maximum absolute atomic E-state index is 11.1. The molecule has 0 radical (unpaired) electrons. The minimum Gasteiger partial charge on any atom is -0.281 e. The fourth-order valence-corrected chi connectivity index (χ4v) is 1.85. The van der Waals surface area contributed by atoms with Gasteiger partial charge in [-0.3, -0.25) is 4.79 Å². The van der Waals surface area contributed by atoms with Crippen LogP contribution in [-0.4, -0.2) is 4.69 Å². The van der Waals surface area contributed by atoms with Crippen molar-refractivity contribution >= 4 is 20.6 Å². The van der Waals surface area contributed by atoms with Gasteiger partial charge in [-0.2, -0.15) is 0 Å². The molecule has 0 aliphatic carbocycles. The number of unbranched alkanes of at least 4 members (excludes halogenated alkanes) is 3. The van der Waals surface area contributed by atoms with Gasteiger partial charge in [0.05, 0.1) is 0 Å². The van der Waals surface area contributed by atoms with Crippen LogP contribution in [-0.2, 0) is 6.42 Å². The van der Waals surface area contributed by atoms with Crippen LogP contribution in [0.2, 0.25) is 0 Å². The van der Waals surface area contributed by atoms with Crippen LogP contribution in [0.3, 0.4) is 0 Å². The molecule has 1 aromatic carbocycles. The number of carbonyl (C=O) groups excluding carboxylic acids is 1. The summed E-state index contributed by atoms with van der Waals surface area (Å²) in [6.07, 6.45) is 6.14. The van der Waals surface area contributed by atoms with E-state index in [0.29, 0.717) is 0 Å². The number of aryl methyl sites for hydroxylation is 1. The Hall–Kier alpha value is -0.630. The summed E-state index contributed by atoms with van der Waals surface area (Å²) in [5, 5.41) is 0. The summed E-state index contributed by atoms with van der Waals surface area (Å²) in [6, 6.07) is 7.85. The van der Waals surface area contributed by atoms with Gasteiger partial charge in [-0.1, -0.05) is 44.4 Å². The standard InChI is InChI=1S/C13H17BrO/c1-2-3-4-5-7-11-8-6-9-12(10-11)13(14)15/h6,8-10H,2-5,7H2,1H3. The van der Waals surface area contributed by atoms with Crippen molar-refractivity contribution in [3.05, 3.63) is 35.4 Å². The van der Waals surface area contributed by atoms with Crippen LogP contribution in [0.25, 0.3) is 0 Å². The maximum atomic E-state index is 11.1. The van der Waals surface area contributed by atoms with Crippen LogP contribution < -0.4 is 0 Å². The van der Waals surface area contributed by atoms with Crippen molar-refractivity contribution in [1.29, 1.82) is 0 Å². The average Bonchev–Trinajstić information content (AvgIpc) is 2.25. The quantitative estimate of drug-likeness (QED) is 0.554. The number of carbonyl (C=O) groups is 1. The molecule has 0 unspecified atom stereocenters. The van der Waals surface area contributed by atoms with Crippen LogP contribution in [0.15, 0.2) is 24.3 Å². The van der Waals surface area contributed by atoms with E-state index in [1.165, 1.54) is 31.2 Å². The zero-order chi connectivity index (χ0) is 11.1. The Balaban J connectivity index is 2.47. The van der Waals surface area contributed by atoms with Gasteiger partial charge in [0.25, 0.3) is 0 Å². The summed E-state index contributed by atoms with van der Waals surface area (Å²) in [6.45, 7) is 2.21. The van der Waals surface area contributed by atoms with Crippen molar-refractivity contribution in [3.8, 4) is 0 Å². The highest BCUT2D eigenvalue weighted by molar-refractivity contribution is 9.18. The number of rotatable bonds is 6. The Morgan fingerprint density at radius 2 is 2.07 bits per heavy atom. The van der Waals surface area contributed by atoms with Gasteiger partial charge in [0.1, 0.15) is 0 Å². The molecule has 0 aliphatic rings. The molecule has 1 nitrogen and oxygen atoms in total. The molecule has 0 saturated heterocycles. The Morgan fingerprint density at radius 1 is 1.27 bits per heavy atom. The molecule has 0 heterocycles. The summed E-state index contributed by atoms with van der Waals surface area (Å²) < 4.78 is -0.0297. The van der Waals surface area contributed by atoms with Gasteiger partial charge < -0.3 is 0 Å². The van der Waals surface area contributed by atoms with Gasteiger partial charge >= 0.3 is 0 Å². The maximum Gasteiger partial charge on any atom is 0.228 e. The molecule has 1 rings (SSSR count). The highest BCUT2D eigenvalue weighted by Gasteiger charge is 2.01. The predicted molar refractivity (Wildman–Crippen MR) is 67.5 cm³/mol. The summed E-state index contributed by atoms with van der Waals surface area (Å²) in [5.74, 6) is 0. The number of hydrogen-bond acceptors (Lipinski definition) is 1. The molecule has 2 heteroatoms. The minimum absolute atomic E-state index is 0.0297. The summed E-state index contributed by atoms with van der Waals surface area (Å²) >= 11 is 2.97. The number of hydrogen-bond donors (Lipinski definition) is 0. The first-order chi connectivity index (χ1) is 7.24. The Labute approximate surface area is 100 Å². The van der Waals surface area contributed by atoms with E-state index < -0.39 is 0 Å². The first kappa shape index (κ1) is 12.4. The Bertz CT molecular complexity index is 320. The molecule has 0 fully saturated rings. The van der Waals surface area contributed by atoms with Gasteiger partial charge in [-0.05, 0) is 40.4 Å². The zero-order valence-electron chi connectivity index (χ0n) is 9.13. The first-order valence-corrected chi connectivity index (χ1v) is 6.32. The van der Waals surface area contributed by atoms with Crippen LogP contribution in [0.5, 0.6) is 0 Å².